The fourth-order valence-corrected chi connectivity index (χ4v) is 6.20. The molecule has 0 bridgehead atoms. The summed E-state index contributed by atoms with van der Waals surface area (Å²) in [4.78, 5) is 21.2. The summed E-state index contributed by atoms with van der Waals surface area (Å²) in [6.45, 7) is 3.70. The van der Waals surface area contributed by atoms with E-state index in [2.05, 4.69) is 0 Å². The van der Waals surface area contributed by atoms with Crippen molar-refractivity contribution in [2.75, 3.05) is 12.9 Å². The van der Waals surface area contributed by atoms with E-state index in [1.807, 2.05) is 0 Å². The van der Waals surface area contributed by atoms with Crippen LogP contribution in [0.2, 0.25) is 0 Å². The number of esters is 1. The minimum Gasteiger partial charge on any atom is -0.475 e. The van der Waals surface area contributed by atoms with E-state index in [1.165, 1.54) is 47.4 Å². The highest BCUT2D eigenvalue weighted by molar-refractivity contribution is 8.01. The molecular formula is C20H21F3N2O6S3. The highest BCUT2D eigenvalue weighted by Gasteiger charge is 2.38. The molecule has 0 radical (unpaired) electrons. The highest BCUT2D eigenvalue weighted by atomic mass is 32.2. The lowest BCUT2D eigenvalue weighted by molar-refractivity contribution is -0.192. The number of ether oxygens (including phenoxy) is 1. The number of benzene rings is 1. The molecule has 1 heterocycles. The Morgan fingerprint density at radius 2 is 1.88 bits per heavy atom. The van der Waals surface area contributed by atoms with Crippen LogP contribution in [0.5, 0.6) is 0 Å². The predicted molar refractivity (Wildman–Crippen MR) is 123 cm³/mol. The van der Waals surface area contributed by atoms with E-state index in [4.69, 9.17) is 25.8 Å². The molecule has 8 nitrogen and oxygen atoms in total. The van der Waals surface area contributed by atoms with Gasteiger partial charge in [-0.1, -0.05) is 12.1 Å². The van der Waals surface area contributed by atoms with Crippen molar-refractivity contribution in [1.29, 1.82) is 5.41 Å². The van der Waals surface area contributed by atoms with E-state index < -0.39 is 28.0 Å². The number of carboxylic acid groups (broad SMARTS) is 1. The Morgan fingerprint density at radius 3 is 2.35 bits per heavy atom. The third kappa shape index (κ3) is 7.88. The molecule has 0 aliphatic carbocycles. The van der Waals surface area contributed by atoms with Crippen LogP contribution >= 0.6 is 23.1 Å². The number of thiophene rings is 1. The number of nitrogens with one attached hydrogen (secondary N) is 1. The van der Waals surface area contributed by atoms with Crippen LogP contribution in [0.25, 0.3) is 5.57 Å². The molecule has 0 aliphatic heterocycles. The quantitative estimate of drug-likeness (QED) is 0.156. The number of hydrogen-bond donors (Lipinski definition) is 3. The first-order valence-electron chi connectivity index (χ1n) is 9.18. The van der Waals surface area contributed by atoms with Crippen molar-refractivity contribution in [3.05, 3.63) is 46.8 Å². The Kier molecular flexibility index (Phi) is 10.3. The normalized spacial score (nSPS) is 11.9. The Balaban J connectivity index is 0.000000718. The third-order valence-electron chi connectivity index (χ3n) is 3.87. The summed E-state index contributed by atoms with van der Waals surface area (Å²) in [5.74, 6) is -3.40. The maximum atomic E-state index is 13.1. The first-order chi connectivity index (χ1) is 15.6. The number of aliphatic carboxylic acids is 1. The summed E-state index contributed by atoms with van der Waals surface area (Å²) in [5, 5.41) is 14.7. The van der Waals surface area contributed by atoms with Crippen molar-refractivity contribution >= 4 is 56.3 Å². The molecule has 2 aromatic rings. The second kappa shape index (κ2) is 12.0. The zero-order chi connectivity index (χ0) is 26.3. The molecule has 1 aromatic heterocycles. The van der Waals surface area contributed by atoms with E-state index in [0.717, 1.165) is 0 Å². The second-order valence-electron chi connectivity index (χ2n) is 6.29. The molecule has 1 aromatic carbocycles. The highest BCUT2D eigenvalue weighted by Crippen LogP contribution is 2.37. The van der Waals surface area contributed by atoms with Gasteiger partial charge in [-0.05, 0) is 49.4 Å². The number of amidine groups is 1. The molecule has 0 saturated heterocycles. The lowest BCUT2D eigenvalue weighted by Crippen LogP contribution is -2.21. The zero-order valence-electron chi connectivity index (χ0n) is 18.1. The number of rotatable bonds is 7. The SMILES string of the molecule is CCOC(=O)/C=C(/C)c1cccc(S(=O)(=O)c2cc(C(=N)N)sc2SC)c1.O=C(O)C(F)(F)F. The van der Waals surface area contributed by atoms with Crippen molar-refractivity contribution in [2.24, 2.45) is 5.73 Å². The van der Waals surface area contributed by atoms with Gasteiger partial charge in [-0.2, -0.15) is 13.2 Å². The number of alkyl halides is 3. The molecule has 0 spiro atoms. The van der Waals surface area contributed by atoms with Crippen LogP contribution in [0, 0.1) is 5.41 Å². The molecule has 4 N–H and O–H groups in total. The fourth-order valence-electron chi connectivity index (χ4n) is 2.30. The molecule has 0 atom stereocenters. The number of thioether (sulfide) groups is 1. The van der Waals surface area contributed by atoms with Gasteiger partial charge < -0.3 is 15.6 Å². The van der Waals surface area contributed by atoms with Gasteiger partial charge in [-0.3, -0.25) is 5.41 Å². The van der Waals surface area contributed by atoms with E-state index in [0.29, 0.717) is 20.2 Å². The average Bonchev–Trinajstić information content (AvgIpc) is 3.19. The van der Waals surface area contributed by atoms with Crippen molar-refractivity contribution in [1.82, 2.24) is 0 Å². The molecular weight excluding hydrogens is 517 g/mol. The number of carbonyl (C=O) groups is 2. The molecule has 2 rings (SSSR count). The zero-order valence-corrected chi connectivity index (χ0v) is 20.5. The van der Waals surface area contributed by atoms with Crippen LogP contribution < -0.4 is 5.73 Å². The van der Waals surface area contributed by atoms with E-state index >= 15 is 0 Å². The van der Waals surface area contributed by atoms with Gasteiger partial charge in [0.15, 0.2) is 0 Å². The maximum absolute atomic E-state index is 13.1. The van der Waals surface area contributed by atoms with Crippen molar-refractivity contribution in [3.63, 3.8) is 0 Å². The summed E-state index contributed by atoms with van der Waals surface area (Å²) >= 11 is 2.47. The summed E-state index contributed by atoms with van der Waals surface area (Å²) < 4.78 is 63.4. The number of allylic oxidation sites excluding steroid dienone is 1. The Bertz CT molecular complexity index is 1200. The standard InChI is InChI=1S/C18H20N2O4S3.C2HF3O2/c1-4-24-16(21)8-11(2)12-6-5-7-13(9-12)27(22,23)15-10-14(17(19)20)26-18(15)25-3;3-2(4,5)1(6)7/h5-10H,4H2,1-3H3,(H3,19,20);(H,6,7)/b11-8-;. The Hall–Kier alpha value is -2.84. The topological polar surface area (TPSA) is 148 Å². The molecule has 0 aliphatic rings. The first-order valence-corrected chi connectivity index (χ1v) is 12.7. The minimum absolute atomic E-state index is 0.111. The number of nitrogen functional groups attached to an aromatic ring is 1. The predicted octanol–water partition coefficient (Wildman–Crippen LogP) is 4.19. The summed E-state index contributed by atoms with van der Waals surface area (Å²) in [5.41, 5.74) is 6.72. The van der Waals surface area contributed by atoms with Crippen LogP contribution in [-0.2, 0) is 24.2 Å². The lowest BCUT2D eigenvalue weighted by atomic mass is 10.1. The number of sulfone groups is 1. The summed E-state index contributed by atoms with van der Waals surface area (Å²) in [6.07, 6.45) is -1.97. The fraction of sp³-hybridized carbons (Fsp3) is 0.250. The Morgan fingerprint density at radius 1 is 1.29 bits per heavy atom. The molecule has 0 fully saturated rings. The van der Waals surface area contributed by atoms with Crippen LogP contribution in [0.4, 0.5) is 13.2 Å². The molecule has 0 saturated carbocycles. The lowest BCUT2D eigenvalue weighted by Gasteiger charge is -2.08. The average molecular weight is 539 g/mol. The van der Waals surface area contributed by atoms with Crippen LogP contribution in [0.1, 0.15) is 24.3 Å². The smallest absolute Gasteiger partial charge is 0.475 e. The van der Waals surface area contributed by atoms with Gasteiger partial charge in [0.1, 0.15) is 5.84 Å². The van der Waals surface area contributed by atoms with Crippen LogP contribution in [0.15, 0.2) is 50.4 Å². The molecule has 0 amide bonds. The van der Waals surface area contributed by atoms with Gasteiger partial charge in [-0.15, -0.1) is 23.1 Å². The molecule has 14 heteroatoms. The maximum Gasteiger partial charge on any atom is 0.490 e. The van der Waals surface area contributed by atoms with Gasteiger partial charge in [-0.25, -0.2) is 18.0 Å². The van der Waals surface area contributed by atoms with Gasteiger partial charge in [0.05, 0.1) is 25.5 Å². The number of nitrogens with two attached hydrogens (primary N) is 1. The molecule has 34 heavy (non-hydrogen) atoms. The number of carbonyl (C=O) groups excluding carboxylic acids is 1. The number of hydrogen-bond acceptors (Lipinski definition) is 8. The van der Waals surface area contributed by atoms with Crippen LogP contribution in [-0.4, -0.2) is 50.3 Å². The van der Waals surface area contributed by atoms with E-state index in [-0.39, 0.29) is 22.2 Å². The second-order valence-corrected chi connectivity index (χ2v) is 10.3. The van der Waals surface area contributed by atoms with Gasteiger partial charge in [0.25, 0.3) is 0 Å². The summed E-state index contributed by atoms with van der Waals surface area (Å²) in [7, 11) is -3.80. The minimum atomic E-state index is -5.08. The van der Waals surface area contributed by atoms with Gasteiger partial charge >= 0.3 is 18.1 Å². The number of carboxylic acids is 1. The van der Waals surface area contributed by atoms with E-state index in [9.17, 15) is 26.4 Å². The largest absolute Gasteiger partial charge is 0.490 e. The molecule has 186 valence electrons. The monoisotopic (exact) mass is 538 g/mol. The van der Waals surface area contributed by atoms with E-state index in [1.54, 1.807) is 32.2 Å². The van der Waals surface area contributed by atoms with Crippen LogP contribution in [0.3, 0.4) is 0 Å². The Labute approximate surface area is 202 Å². The van der Waals surface area contributed by atoms with Gasteiger partial charge in [0.2, 0.25) is 9.84 Å². The molecule has 0 unspecified atom stereocenters. The van der Waals surface area contributed by atoms with Crippen molar-refractivity contribution < 1.29 is 41.0 Å². The van der Waals surface area contributed by atoms with Crippen molar-refractivity contribution in [3.8, 4) is 0 Å². The third-order valence-corrected chi connectivity index (χ3v) is 8.21. The number of halogens is 3. The first kappa shape index (κ1) is 29.2. The van der Waals surface area contributed by atoms with Crippen molar-refractivity contribution in [2.45, 2.75) is 34.0 Å². The van der Waals surface area contributed by atoms with Gasteiger partial charge in [0, 0.05) is 6.08 Å². The summed E-state index contributed by atoms with van der Waals surface area (Å²) in [6, 6.07) is 7.82.